The Morgan fingerprint density at radius 1 is 1.23 bits per heavy atom. The van der Waals surface area contributed by atoms with Crippen molar-refractivity contribution in [3.63, 3.8) is 0 Å². The summed E-state index contributed by atoms with van der Waals surface area (Å²) < 4.78 is 5.34. The minimum Gasteiger partial charge on any atom is -0.380 e. The highest BCUT2D eigenvalue weighted by Gasteiger charge is 2.32. The molecule has 0 amide bonds. The lowest BCUT2D eigenvalue weighted by atomic mass is 9.73. The van der Waals surface area contributed by atoms with Crippen molar-refractivity contribution in [2.24, 2.45) is 11.8 Å². The van der Waals surface area contributed by atoms with E-state index in [-0.39, 0.29) is 0 Å². The van der Waals surface area contributed by atoms with Gasteiger partial charge in [0.1, 0.15) is 0 Å². The summed E-state index contributed by atoms with van der Waals surface area (Å²) in [6.45, 7) is 6.56. The number of ether oxygens (including phenoxy) is 1. The predicted octanol–water partition coefficient (Wildman–Crippen LogP) is 1.80. The topological polar surface area (TPSA) is 21.3 Å². The zero-order valence-electron chi connectivity index (χ0n) is 8.75. The molecule has 1 heterocycles. The monoisotopic (exact) mass is 183 g/mol. The van der Waals surface area contributed by atoms with Crippen LogP contribution in [0.4, 0.5) is 0 Å². The standard InChI is InChI=1S/C11H21NO/c1-8(2)9-5-11(6-9)12-10-3-4-13-7-10/h8-12H,3-7H2,1-2H3. The summed E-state index contributed by atoms with van der Waals surface area (Å²) in [5, 5.41) is 3.68. The van der Waals surface area contributed by atoms with E-state index >= 15 is 0 Å². The molecule has 2 aliphatic rings. The number of hydrogen-bond acceptors (Lipinski definition) is 2. The lowest BCUT2D eigenvalue weighted by molar-refractivity contribution is 0.145. The normalized spacial score (nSPS) is 39.5. The van der Waals surface area contributed by atoms with Gasteiger partial charge in [0.15, 0.2) is 0 Å². The van der Waals surface area contributed by atoms with Crippen LogP contribution >= 0.6 is 0 Å². The second-order valence-electron chi connectivity index (χ2n) is 4.90. The Kier molecular flexibility index (Phi) is 2.89. The molecule has 0 spiro atoms. The highest BCUT2D eigenvalue weighted by Crippen LogP contribution is 2.34. The third-order valence-corrected chi connectivity index (χ3v) is 3.52. The van der Waals surface area contributed by atoms with Crippen molar-refractivity contribution in [2.45, 2.75) is 45.2 Å². The first kappa shape index (κ1) is 9.47. The van der Waals surface area contributed by atoms with Crippen molar-refractivity contribution in [1.29, 1.82) is 0 Å². The van der Waals surface area contributed by atoms with E-state index in [1.807, 2.05) is 0 Å². The molecule has 13 heavy (non-hydrogen) atoms. The molecule has 1 saturated heterocycles. The van der Waals surface area contributed by atoms with Crippen LogP contribution < -0.4 is 5.32 Å². The van der Waals surface area contributed by atoms with E-state index in [1.54, 1.807) is 0 Å². The predicted molar refractivity (Wildman–Crippen MR) is 53.7 cm³/mol. The van der Waals surface area contributed by atoms with Crippen LogP contribution in [0.25, 0.3) is 0 Å². The molecule has 1 atom stereocenters. The molecule has 2 fully saturated rings. The fraction of sp³-hybridized carbons (Fsp3) is 1.00. The largest absolute Gasteiger partial charge is 0.380 e. The maximum atomic E-state index is 5.34. The van der Waals surface area contributed by atoms with Crippen molar-refractivity contribution in [3.05, 3.63) is 0 Å². The van der Waals surface area contributed by atoms with Gasteiger partial charge in [0.25, 0.3) is 0 Å². The molecule has 2 heteroatoms. The fourth-order valence-electron chi connectivity index (χ4n) is 2.34. The Hall–Kier alpha value is -0.0800. The number of nitrogens with one attached hydrogen (secondary N) is 1. The van der Waals surface area contributed by atoms with Gasteiger partial charge in [-0.15, -0.1) is 0 Å². The van der Waals surface area contributed by atoms with Gasteiger partial charge in [0.05, 0.1) is 6.61 Å². The minimum absolute atomic E-state index is 0.651. The summed E-state index contributed by atoms with van der Waals surface area (Å²) in [5.41, 5.74) is 0. The molecule has 0 aromatic heterocycles. The molecule has 0 aromatic carbocycles. The van der Waals surface area contributed by atoms with Crippen molar-refractivity contribution in [2.75, 3.05) is 13.2 Å². The van der Waals surface area contributed by atoms with Crippen LogP contribution in [0.2, 0.25) is 0 Å². The van der Waals surface area contributed by atoms with Gasteiger partial charge >= 0.3 is 0 Å². The molecule has 2 nitrogen and oxygen atoms in total. The highest BCUT2D eigenvalue weighted by molar-refractivity contribution is 4.89. The Bertz CT molecular complexity index is 157. The van der Waals surface area contributed by atoms with Crippen molar-refractivity contribution in [3.8, 4) is 0 Å². The van der Waals surface area contributed by atoms with Crippen LogP contribution in [0.15, 0.2) is 0 Å². The van der Waals surface area contributed by atoms with Crippen LogP contribution in [0.3, 0.4) is 0 Å². The van der Waals surface area contributed by atoms with Crippen LogP contribution in [0, 0.1) is 11.8 Å². The van der Waals surface area contributed by atoms with E-state index in [0.717, 1.165) is 31.1 Å². The van der Waals surface area contributed by atoms with Crippen LogP contribution in [0.5, 0.6) is 0 Å². The first-order chi connectivity index (χ1) is 6.25. The lowest BCUT2D eigenvalue weighted by Gasteiger charge is -2.40. The van der Waals surface area contributed by atoms with Gasteiger partial charge in [-0.2, -0.15) is 0 Å². The fourth-order valence-corrected chi connectivity index (χ4v) is 2.34. The Morgan fingerprint density at radius 2 is 2.00 bits per heavy atom. The van der Waals surface area contributed by atoms with E-state index < -0.39 is 0 Å². The third-order valence-electron chi connectivity index (χ3n) is 3.52. The van der Waals surface area contributed by atoms with E-state index in [2.05, 4.69) is 19.2 Å². The smallest absolute Gasteiger partial charge is 0.0620 e. The summed E-state index contributed by atoms with van der Waals surface area (Å²) in [7, 11) is 0. The van der Waals surface area contributed by atoms with Gasteiger partial charge in [0, 0.05) is 18.7 Å². The van der Waals surface area contributed by atoms with Gasteiger partial charge in [-0.1, -0.05) is 13.8 Å². The van der Waals surface area contributed by atoms with Crippen LogP contribution in [-0.4, -0.2) is 25.3 Å². The third kappa shape index (κ3) is 2.23. The average Bonchev–Trinajstić information content (AvgIpc) is 2.46. The molecule has 2 rings (SSSR count). The summed E-state index contributed by atoms with van der Waals surface area (Å²) in [5.74, 6) is 1.85. The summed E-state index contributed by atoms with van der Waals surface area (Å²) in [4.78, 5) is 0. The van der Waals surface area contributed by atoms with Crippen LogP contribution in [-0.2, 0) is 4.74 Å². The minimum atomic E-state index is 0.651. The molecule has 1 aliphatic heterocycles. The van der Waals surface area contributed by atoms with Crippen molar-refractivity contribution >= 4 is 0 Å². The SMILES string of the molecule is CC(C)C1CC(NC2CCOC2)C1. The second kappa shape index (κ2) is 3.97. The molecule has 1 saturated carbocycles. The van der Waals surface area contributed by atoms with Gasteiger partial charge in [-0.3, -0.25) is 0 Å². The Morgan fingerprint density at radius 3 is 2.54 bits per heavy atom. The van der Waals surface area contributed by atoms with Crippen molar-refractivity contribution in [1.82, 2.24) is 5.32 Å². The molecular weight excluding hydrogens is 162 g/mol. The first-order valence-electron chi connectivity index (χ1n) is 5.59. The molecule has 0 aromatic rings. The maximum Gasteiger partial charge on any atom is 0.0620 e. The molecule has 1 aliphatic carbocycles. The zero-order chi connectivity index (χ0) is 9.26. The number of rotatable bonds is 3. The highest BCUT2D eigenvalue weighted by atomic mass is 16.5. The van der Waals surface area contributed by atoms with E-state index in [9.17, 15) is 0 Å². The Balaban J connectivity index is 1.63. The molecule has 76 valence electrons. The van der Waals surface area contributed by atoms with E-state index in [4.69, 9.17) is 4.74 Å². The number of hydrogen-bond donors (Lipinski definition) is 1. The molecule has 1 N–H and O–H groups in total. The molecule has 0 bridgehead atoms. The van der Waals surface area contributed by atoms with E-state index in [1.165, 1.54) is 19.3 Å². The lowest BCUT2D eigenvalue weighted by Crippen LogP contribution is -2.47. The second-order valence-corrected chi connectivity index (χ2v) is 4.90. The quantitative estimate of drug-likeness (QED) is 0.720. The summed E-state index contributed by atoms with van der Waals surface area (Å²) >= 11 is 0. The Labute approximate surface area is 81.0 Å². The summed E-state index contributed by atoms with van der Waals surface area (Å²) in [6.07, 6.45) is 3.98. The van der Waals surface area contributed by atoms with Crippen LogP contribution in [0.1, 0.15) is 33.1 Å². The molecular formula is C11H21NO. The van der Waals surface area contributed by atoms with Gasteiger partial charge in [-0.25, -0.2) is 0 Å². The van der Waals surface area contributed by atoms with Crippen molar-refractivity contribution < 1.29 is 4.74 Å². The van der Waals surface area contributed by atoms with Gasteiger partial charge in [-0.05, 0) is 31.1 Å². The molecule has 1 unspecified atom stereocenters. The first-order valence-corrected chi connectivity index (χ1v) is 5.59. The van der Waals surface area contributed by atoms with Gasteiger partial charge < -0.3 is 10.1 Å². The molecule has 0 radical (unpaired) electrons. The average molecular weight is 183 g/mol. The maximum absolute atomic E-state index is 5.34. The van der Waals surface area contributed by atoms with E-state index in [0.29, 0.717) is 6.04 Å². The zero-order valence-corrected chi connectivity index (χ0v) is 8.75. The van der Waals surface area contributed by atoms with Gasteiger partial charge in [0.2, 0.25) is 0 Å². The summed E-state index contributed by atoms with van der Waals surface area (Å²) in [6, 6.07) is 1.44.